The van der Waals surface area contributed by atoms with E-state index in [-0.39, 0.29) is 44.1 Å². The molecule has 9 heteroatoms. The van der Waals surface area contributed by atoms with Crippen LogP contribution < -0.4 is 10.1 Å². The first-order chi connectivity index (χ1) is 13.5. The van der Waals surface area contributed by atoms with E-state index in [9.17, 15) is 24.2 Å². The van der Waals surface area contributed by atoms with Crippen molar-refractivity contribution in [1.29, 1.82) is 0 Å². The summed E-state index contributed by atoms with van der Waals surface area (Å²) in [5.41, 5.74) is -1.62. The second-order valence-corrected chi connectivity index (χ2v) is 8.53. The summed E-state index contributed by atoms with van der Waals surface area (Å²) in [6.45, 7) is 5.13. The topological polar surface area (TPSA) is 108 Å². The Morgan fingerprint density at radius 2 is 2.10 bits per heavy atom. The Morgan fingerprint density at radius 1 is 1.38 bits per heavy atom. The van der Waals surface area contributed by atoms with Gasteiger partial charge in [0, 0.05) is 18.5 Å². The van der Waals surface area contributed by atoms with Crippen LogP contribution in [-0.4, -0.2) is 64.1 Å². The summed E-state index contributed by atoms with van der Waals surface area (Å²) in [4.78, 5) is 25.1. The highest BCUT2D eigenvalue weighted by molar-refractivity contribution is 5.94. The summed E-state index contributed by atoms with van der Waals surface area (Å²) in [7, 11) is 0. The highest BCUT2D eigenvalue weighted by Crippen LogP contribution is 2.34. The summed E-state index contributed by atoms with van der Waals surface area (Å²) in [6, 6.07) is 2.63. The number of benzene rings is 1. The van der Waals surface area contributed by atoms with Crippen molar-refractivity contribution in [3.05, 3.63) is 23.5 Å². The number of hydrogen-bond acceptors (Lipinski definition) is 6. The van der Waals surface area contributed by atoms with E-state index in [2.05, 4.69) is 5.32 Å². The average molecular weight is 410 g/mol. The molecule has 1 fully saturated rings. The molecule has 0 spiro atoms. The van der Waals surface area contributed by atoms with Crippen LogP contribution in [0.3, 0.4) is 0 Å². The number of carbonyl (C=O) groups excluding carboxylic acids is 2. The maximum atomic E-state index is 14.0. The number of carbonyl (C=O) groups is 2. The summed E-state index contributed by atoms with van der Waals surface area (Å²) < 4.78 is 25.0. The largest absolute Gasteiger partial charge is 0.490 e. The quantitative estimate of drug-likeness (QED) is 0.702. The zero-order valence-electron chi connectivity index (χ0n) is 16.8. The van der Waals surface area contributed by atoms with E-state index in [0.717, 1.165) is 0 Å². The van der Waals surface area contributed by atoms with Gasteiger partial charge in [0.1, 0.15) is 35.5 Å². The fourth-order valence-corrected chi connectivity index (χ4v) is 3.39. The maximum Gasteiger partial charge on any atom is 0.410 e. The van der Waals surface area contributed by atoms with Gasteiger partial charge in [0.05, 0.1) is 12.2 Å². The van der Waals surface area contributed by atoms with Gasteiger partial charge in [-0.1, -0.05) is 0 Å². The molecule has 2 amide bonds. The SMILES string of the molecule is CC(C)(C)OC(=O)N1CC[C@](O)(COc2ccc(F)c3c2CCC(=O)N3)[C@@H](O)C1. The highest BCUT2D eigenvalue weighted by Gasteiger charge is 2.43. The van der Waals surface area contributed by atoms with Gasteiger partial charge in [-0.25, -0.2) is 9.18 Å². The number of amides is 2. The lowest BCUT2D eigenvalue weighted by atomic mass is 9.89. The lowest BCUT2D eigenvalue weighted by Crippen LogP contribution is -2.59. The van der Waals surface area contributed by atoms with E-state index in [1.165, 1.54) is 17.0 Å². The number of nitrogens with zero attached hydrogens (tertiary/aromatic N) is 1. The Kier molecular flexibility index (Phi) is 5.73. The molecule has 160 valence electrons. The Bertz CT molecular complexity index is 809. The first-order valence-electron chi connectivity index (χ1n) is 9.61. The van der Waals surface area contributed by atoms with Crippen molar-refractivity contribution >= 4 is 17.7 Å². The summed E-state index contributed by atoms with van der Waals surface area (Å²) >= 11 is 0. The first kappa shape index (κ1) is 21.3. The van der Waals surface area contributed by atoms with Crippen LogP contribution in [0.15, 0.2) is 12.1 Å². The number of rotatable bonds is 3. The molecule has 29 heavy (non-hydrogen) atoms. The monoisotopic (exact) mass is 410 g/mol. The zero-order valence-corrected chi connectivity index (χ0v) is 16.8. The molecule has 0 bridgehead atoms. The molecule has 0 unspecified atom stereocenters. The van der Waals surface area contributed by atoms with Gasteiger partial charge in [0.25, 0.3) is 0 Å². The molecule has 1 saturated heterocycles. The number of hydrogen-bond donors (Lipinski definition) is 3. The second kappa shape index (κ2) is 7.79. The molecule has 0 radical (unpaired) electrons. The minimum Gasteiger partial charge on any atom is -0.490 e. The van der Waals surface area contributed by atoms with Crippen molar-refractivity contribution in [1.82, 2.24) is 4.90 Å². The molecule has 1 aromatic rings. The number of anilines is 1. The minimum atomic E-state index is -1.57. The summed E-state index contributed by atoms with van der Waals surface area (Å²) in [5, 5.41) is 23.8. The fraction of sp³-hybridized carbons (Fsp3) is 0.600. The van der Waals surface area contributed by atoms with Crippen LogP contribution in [0.2, 0.25) is 0 Å². The third-order valence-corrected chi connectivity index (χ3v) is 5.04. The van der Waals surface area contributed by atoms with Crippen LogP contribution in [0.1, 0.15) is 39.2 Å². The van der Waals surface area contributed by atoms with E-state index in [0.29, 0.717) is 17.7 Å². The van der Waals surface area contributed by atoms with Gasteiger partial charge < -0.3 is 29.9 Å². The van der Waals surface area contributed by atoms with Crippen molar-refractivity contribution in [2.24, 2.45) is 0 Å². The molecule has 0 saturated carbocycles. The lowest BCUT2D eigenvalue weighted by Gasteiger charge is -2.42. The minimum absolute atomic E-state index is 0.0889. The van der Waals surface area contributed by atoms with Gasteiger partial charge >= 0.3 is 6.09 Å². The third-order valence-electron chi connectivity index (χ3n) is 5.04. The average Bonchev–Trinajstić information content (AvgIpc) is 2.62. The Balaban J connectivity index is 1.65. The number of ether oxygens (including phenoxy) is 2. The molecule has 0 aromatic heterocycles. The third kappa shape index (κ3) is 4.79. The van der Waals surface area contributed by atoms with Crippen LogP contribution in [0.4, 0.5) is 14.9 Å². The number of aliphatic hydroxyl groups excluding tert-OH is 1. The van der Waals surface area contributed by atoms with Gasteiger partial charge in [-0.2, -0.15) is 0 Å². The maximum absolute atomic E-state index is 14.0. The number of halogens is 1. The van der Waals surface area contributed by atoms with Gasteiger partial charge in [-0.3, -0.25) is 4.79 Å². The van der Waals surface area contributed by atoms with Crippen molar-refractivity contribution in [3.8, 4) is 5.75 Å². The molecule has 1 aromatic carbocycles. The molecule has 8 nitrogen and oxygen atoms in total. The normalized spacial score (nSPS) is 24.6. The molecule has 0 aliphatic carbocycles. The fourth-order valence-electron chi connectivity index (χ4n) is 3.39. The van der Waals surface area contributed by atoms with E-state index >= 15 is 0 Å². The van der Waals surface area contributed by atoms with E-state index in [1.54, 1.807) is 20.8 Å². The van der Waals surface area contributed by atoms with Crippen LogP contribution in [-0.2, 0) is 16.0 Å². The van der Waals surface area contributed by atoms with Gasteiger partial charge in [0.15, 0.2) is 0 Å². The Hall–Kier alpha value is -2.39. The number of aliphatic hydroxyl groups is 2. The summed E-state index contributed by atoms with van der Waals surface area (Å²) in [6.07, 6.45) is -1.16. The van der Waals surface area contributed by atoms with Crippen molar-refractivity contribution < 1.29 is 33.7 Å². The predicted molar refractivity (Wildman–Crippen MR) is 102 cm³/mol. The lowest BCUT2D eigenvalue weighted by molar-refractivity contribution is -0.135. The van der Waals surface area contributed by atoms with Crippen LogP contribution in [0, 0.1) is 5.82 Å². The van der Waals surface area contributed by atoms with E-state index in [4.69, 9.17) is 9.47 Å². The molecule has 3 N–H and O–H groups in total. The Morgan fingerprint density at radius 3 is 2.76 bits per heavy atom. The number of likely N-dealkylation sites (tertiary alicyclic amines) is 1. The van der Waals surface area contributed by atoms with Crippen LogP contribution in [0.5, 0.6) is 5.75 Å². The van der Waals surface area contributed by atoms with Crippen molar-refractivity contribution in [2.45, 2.75) is 57.3 Å². The number of piperidine rings is 1. The van der Waals surface area contributed by atoms with Gasteiger partial charge in [-0.15, -0.1) is 0 Å². The highest BCUT2D eigenvalue weighted by atomic mass is 19.1. The smallest absolute Gasteiger partial charge is 0.410 e. The number of nitrogens with one attached hydrogen (secondary N) is 1. The molecule has 2 aliphatic heterocycles. The summed E-state index contributed by atoms with van der Waals surface area (Å²) in [5.74, 6) is -0.474. The number of fused-ring (bicyclic) bond motifs is 1. The van der Waals surface area contributed by atoms with E-state index in [1.807, 2.05) is 0 Å². The van der Waals surface area contributed by atoms with Gasteiger partial charge in [-0.05, 0) is 45.7 Å². The first-order valence-corrected chi connectivity index (χ1v) is 9.61. The second-order valence-electron chi connectivity index (χ2n) is 8.53. The molecular weight excluding hydrogens is 383 g/mol. The zero-order chi connectivity index (χ0) is 21.4. The molecular formula is C20H27FN2O6. The Labute approximate surface area is 168 Å². The molecule has 2 heterocycles. The predicted octanol–water partition coefficient (Wildman–Crippen LogP) is 1.82. The van der Waals surface area contributed by atoms with Crippen LogP contribution in [0.25, 0.3) is 0 Å². The number of β-amino-alcohol motifs (C(OH)–C–C–N with tert-alkyl or cyclic N) is 1. The van der Waals surface area contributed by atoms with Crippen molar-refractivity contribution in [3.63, 3.8) is 0 Å². The standard InChI is InChI=1S/C20H27FN2O6/c1-19(2,3)29-18(26)23-9-8-20(27,15(24)10-23)11-28-14-6-5-13(21)17-12(14)4-7-16(25)22-17/h5-6,15,24,27H,4,7-11H2,1-3H3,(H,22,25)/t15-,20-/m0/s1. The molecule has 2 atom stereocenters. The molecule has 3 rings (SSSR count). The van der Waals surface area contributed by atoms with Crippen LogP contribution >= 0.6 is 0 Å². The van der Waals surface area contributed by atoms with E-state index < -0.39 is 29.2 Å². The van der Waals surface area contributed by atoms with Gasteiger partial charge in [0.2, 0.25) is 5.91 Å². The molecule has 2 aliphatic rings. The van der Waals surface area contributed by atoms with Crippen molar-refractivity contribution in [2.75, 3.05) is 25.0 Å².